The average molecular weight is 436 g/mol. The van der Waals surface area contributed by atoms with Gasteiger partial charge in [-0.15, -0.1) is 0 Å². The molecular formula is C25H25FN2O4. The summed E-state index contributed by atoms with van der Waals surface area (Å²) < 4.78 is 30.7. The summed E-state index contributed by atoms with van der Waals surface area (Å²) in [6.07, 6.45) is 1.36. The fourth-order valence-corrected chi connectivity index (χ4v) is 4.39. The molecule has 0 unspecified atom stereocenters. The summed E-state index contributed by atoms with van der Waals surface area (Å²) in [5.74, 6) is -0.178. The lowest BCUT2D eigenvalue weighted by atomic mass is 10.0. The maximum absolute atomic E-state index is 13.3. The Hall–Kier alpha value is -3.03. The number of aromatic nitrogens is 1. The Kier molecular flexibility index (Phi) is 5.53. The zero-order valence-corrected chi connectivity index (χ0v) is 18.0. The van der Waals surface area contributed by atoms with E-state index in [0.29, 0.717) is 62.8 Å². The van der Waals surface area contributed by atoms with Crippen molar-refractivity contribution in [2.45, 2.75) is 25.6 Å². The molecule has 1 amide bonds. The van der Waals surface area contributed by atoms with Crippen molar-refractivity contribution in [2.75, 3.05) is 32.9 Å². The molecule has 6 nitrogen and oxygen atoms in total. The Morgan fingerprint density at radius 1 is 1.09 bits per heavy atom. The number of ether oxygens (including phenoxy) is 3. The minimum Gasteiger partial charge on any atom is -0.493 e. The van der Waals surface area contributed by atoms with E-state index in [1.807, 2.05) is 30.0 Å². The van der Waals surface area contributed by atoms with E-state index in [0.717, 1.165) is 16.5 Å². The number of piperidine rings is 1. The van der Waals surface area contributed by atoms with Gasteiger partial charge in [-0.2, -0.15) is 0 Å². The topological polar surface area (TPSA) is 60.9 Å². The molecule has 7 heteroatoms. The summed E-state index contributed by atoms with van der Waals surface area (Å²) in [7, 11) is 0. The number of carbonyl (C=O) groups is 1. The van der Waals surface area contributed by atoms with E-state index in [1.165, 1.54) is 12.1 Å². The lowest BCUT2D eigenvalue weighted by Crippen LogP contribution is -2.47. The molecule has 0 aliphatic carbocycles. The van der Waals surface area contributed by atoms with Crippen LogP contribution in [-0.4, -0.2) is 54.5 Å². The second kappa shape index (κ2) is 8.48. The van der Waals surface area contributed by atoms with Crippen LogP contribution < -0.4 is 4.74 Å². The fourth-order valence-electron chi connectivity index (χ4n) is 4.39. The van der Waals surface area contributed by atoms with Crippen LogP contribution in [0.5, 0.6) is 5.75 Å². The predicted octanol–water partition coefficient (Wildman–Crippen LogP) is 4.42. The normalized spacial score (nSPS) is 17.8. The van der Waals surface area contributed by atoms with E-state index in [2.05, 4.69) is 0 Å². The highest BCUT2D eigenvalue weighted by atomic mass is 19.1. The van der Waals surface area contributed by atoms with Crippen LogP contribution in [0.25, 0.3) is 22.2 Å². The summed E-state index contributed by atoms with van der Waals surface area (Å²) in [5.41, 5.74) is 2.81. The summed E-state index contributed by atoms with van der Waals surface area (Å²) in [6, 6.07) is 13.5. The molecule has 2 fully saturated rings. The van der Waals surface area contributed by atoms with Crippen LogP contribution in [0.4, 0.5) is 4.39 Å². The highest BCUT2D eigenvalue weighted by Gasteiger charge is 2.40. The highest BCUT2D eigenvalue weighted by Crippen LogP contribution is 2.34. The van der Waals surface area contributed by atoms with E-state index in [-0.39, 0.29) is 11.7 Å². The van der Waals surface area contributed by atoms with E-state index in [4.69, 9.17) is 19.2 Å². The largest absolute Gasteiger partial charge is 0.493 e. The predicted molar refractivity (Wildman–Crippen MR) is 118 cm³/mol. The van der Waals surface area contributed by atoms with Crippen molar-refractivity contribution in [3.8, 4) is 17.0 Å². The molecule has 2 saturated heterocycles. The molecule has 166 valence electrons. The molecular weight excluding hydrogens is 411 g/mol. The van der Waals surface area contributed by atoms with Crippen LogP contribution in [0.15, 0.2) is 48.5 Å². The molecule has 32 heavy (non-hydrogen) atoms. The summed E-state index contributed by atoms with van der Waals surface area (Å²) in [6.45, 7) is 4.81. The van der Waals surface area contributed by atoms with Crippen molar-refractivity contribution in [2.24, 2.45) is 0 Å². The molecule has 0 bridgehead atoms. The van der Waals surface area contributed by atoms with Crippen molar-refractivity contribution >= 4 is 16.8 Å². The van der Waals surface area contributed by atoms with Crippen molar-refractivity contribution in [3.63, 3.8) is 0 Å². The Bertz CT molecular complexity index is 1130. The molecule has 3 aromatic rings. The summed E-state index contributed by atoms with van der Waals surface area (Å²) in [5, 5.41) is 0.777. The highest BCUT2D eigenvalue weighted by molar-refractivity contribution is 5.99. The van der Waals surface area contributed by atoms with Crippen molar-refractivity contribution in [1.29, 1.82) is 0 Å². The van der Waals surface area contributed by atoms with Gasteiger partial charge < -0.3 is 19.1 Å². The first-order valence-corrected chi connectivity index (χ1v) is 11.0. The van der Waals surface area contributed by atoms with Crippen LogP contribution in [0.2, 0.25) is 0 Å². The third-order valence-electron chi connectivity index (χ3n) is 6.08. The maximum atomic E-state index is 13.3. The quantitative estimate of drug-likeness (QED) is 0.606. The van der Waals surface area contributed by atoms with Crippen molar-refractivity contribution in [1.82, 2.24) is 9.88 Å². The maximum Gasteiger partial charge on any atom is 0.253 e. The van der Waals surface area contributed by atoms with E-state index in [9.17, 15) is 9.18 Å². The van der Waals surface area contributed by atoms with Gasteiger partial charge in [-0.3, -0.25) is 4.79 Å². The van der Waals surface area contributed by atoms with Crippen molar-refractivity contribution < 1.29 is 23.4 Å². The molecule has 1 aromatic heterocycles. The van der Waals surface area contributed by atoms with E-state index < -0.39 is 5.79 Å². The minimum absolute atomic E-state index is 0.0233. The number of carbonyl (C=O) groups excluding carboxylic acids is 1. The van der Waals surface area contributed by atoms with Gasteiger partial charge in [0.25, 0.3) is 5.91 Å². The van der Waals surface area contributed by atoms with E-state index in [1.54, 1.807) is 18.2 Å². The number of likely N-dealkylation sites (tertiary alicyclic amines) is 1. The third-order valence-corrected chi connectivity index (χ3v) is 6.08. The second-order valence-corrected chi connectivity index (χ2v) is 8.08. The molecule has 5 rings (SSSR count). The zero-order chi connectivity index (χ0) is 22.1. The number of benzene rings is 2. The monoisotopic (exact) mass is 436 g/mol. The van der Waals surface area contributed by atoms with Gasteiger partial charge in [0.15, 0.2) is 5.79 Å². The van der Waals surface area contributed by atoms with Gasteiger partial charge in [0.2, 0.25) is 0 Å². The van der Waals surface area contributed by atoms with Crippen LogP contribution in [0.3, 0.4) is 0 Å². The number of amides is 1. The Morgan fingerprint density at radius 3 is 2.50 bits per heavy atom. The van der Waals surface area contributed by atoms with Gasteiger partial charge in [-0.1, -0.05) is 0 Å². The van der Waals surface area contributed by atoms with Crippen LogP contribution in [-0.2, 0) is 9.47 Å². The molecule has 0 atom stereocenters. The molecule has 2 aliphatic heterocycles. The number of pyridine rings is 1. The zero-order valence-electron chi connectivity index (χ0n) is 18.0. The SMILES string of the molecule is CCOc1cc(-c2ccc(F)cc2)nc2ccc(C(=O)N3CCC4(CC3)OCCO4)cc12. The first-order valence-electron chi connectivity index (χ1n) is 11.0. The summed E-state index contributed by atoms with van der Waals surface area (Å²) in [4.78, 5) is 19.7. The fraction of sp³-hybridized carbons (Fsp3) is 0.360. The third kappa shape index (κ3) is 3.94. The first kappa shape index (κ1) is 20.8. The summed E-state index contributed by atoms with van der Waals surface area (Å²) >= 11 is 0. The van der Waals surface area contributed by atoms with Crippen LogP contribution in [0, 0.1) is 5.82 Å². The molecule has 0 radical (unpaired) electrons. The van der Waals surface area contributed by atoms with Gasteiger partial charge in [0, 0.05) is 48.5 Å². The molecule has 0 N–H and O–H groups in total. The molecule has 2 aromatic carbocycles. The Morgan fingerprint density at radius 2 is 1.81 bits per heavy atom. The standard InChI is InChI=1S/C25H25FN2O4/c1-2-30-23-16-22(17-3-6-19(26)7-4-17)27-21-8-5-18(15-20(21)23)24(29)28-11-9-25(10-12-28)31-13-14-32-25/h3-8,15-16H,2,9-14H2,1H3. The number of hydrogen-bond donors (Lipinski definition) is 0. The van der Waals surface area contributed by atoms with E-state index >= 15 is 0 Å². The Balaban J connectivity index is 1.43. The van der Waals surface area contributed by atoms with Crippen LogP contribution >= 0.6 is 0 Å². The number of fused-ring (bicyclic) bond motifs is 1. The second-order valence-electron chi connectivity index (χ2n) is 8.08. The number of rotatable bonds is 4. The number of hydrogen-bond acceptors (Lipinski definition) is 5. The smallest absolute Gasteiger partial charge is 0.253 e. The number of halogens is 1. The van der Waals surface area contributed by atoms with Gasteiger partial charge in [-0.25, -0.2) is 9.37 Å². The van der Waals surface area contributed by atoms with Gasteiger partial charge in [-0.05, 0) is 49.4 Å². The number of nitrogens with zero attached hydrogens (tertiary/aromatic N) is 2. The average Bonchev–Trinajstić information content (AvgIpc) is 3.27. The lowest BCUT2D eigenvalue weighted by Gasteiger charge is -2.37. The Labute approximate surface area is 185 Å². The van der Waals surface area contributed by atoms with Crippen molar-refractivity contribution in [3.05, 3.63) is 59.9 Å². The van der Waals surface area contributed by atoms with Gasteiger partial charge >= 0.3 is 0 Å². The molecule has 3 heterocycles. The van der Waals surface area contributed by atoms with Gasteiger partial charge in [0.05, 0.1) is 31.0 Å². The van der Waals surface area contributed by atoms with Gasteiger partial charge in [0.1, 0.15) is 11.6 Å². The first-order chi connectivity index (χ1) is 15.6. The van der Waals surface area contributed by atoms with Crippen LogP contribution in [0.1, 0.15) is 30.1 Å². The molecule has 1 spiro atoms. The molecule has 2 aliphatic rings. The minimum atomic E-state index is -0.511. The lowest BCUT2D eigenvalue weighted by molar-refractivity contribution is -0.181. The molecule has 0 saturated carbocycles.